The molecule has 0 aliphatic carbocycles. The van der Waals surface area contributed by atoms with Crippen molar-refractivity contribution in [1.82, 2.24) is 25.3 Å². The highest BCUT2D eigenvalue weighted by molar-refractivity contribution is 6.06. The van der Waals surface area contributed by atoms with Crippen LogP contribution in [0.25, 0.3) is 0 Å². The van der Waals surface area contributed by atoms with Crippen LogP contribution in [0.15, 0.2) is 12.4 Å². The Hall–Kier alpha value is -1.89. The van der Waals surface area contributed by atoms with Gasteiger partial charge in [-0.2, -0.15) is 5.10 Å². The fourth-order valence-electron chi connectivity index (χ4n) is 2.48. The number of nitrogens with one attached hydrogen (secondary N) is 2. The summed E-state index contributed by atoms with van der Waals surface area (Å²) in [6, 6.07) is 0.0431. The van der Waals surface area contributed by atoms with Crippen LogP contribution < -0.4 is 10.6 Å². The number of aromatic nitrogens is 2. The maximum absolute atomic E-state index is 12.1. The first-order valence-corrected chi connectivity index (χ1v) is 7.60. The molecule has 2 heterocycles. The summed E-state index contributed by atoms with van der Waals surface area (Å²) in [5.74, 6) is -0.178. The lowest BCUT2D eigenvalue weighted by Crippen LogP contribution is -2.43. The zero-order valence-electron chi connectivity index (χ0n) is 13.9. The van der Waals surface area contributed by atoms with Crippen LogP contribution in [0.4, 0.5) is 4.79 Å². The van der Waals surface area contributed by atoms with Gasteiger partial charge in [0, 0.05) is 25.3 Å². The van der Waals surface area contributed by atoms with Crippen molar-refractivity contribution >= 4 is 11.9 Å². The molecule has 7 nitrogen and oxygen atoms in total. The van der Waals surface area contributed by atoms with E-state index in [1.54, 1.807) is 13.8 Å². The van der Waals surface area contributed by atoms with E-state index >= 15 is 0 Å². The van der Waals surface area contributed by atoms with Gasteiger partial charge in [-0.3, -0.25) is 14.4 Å². The van der Waals surface area contributed by atoms with E-state index < -0.39 is 5.54 Å². The summed E-state index contributed by atoms with van der Waals surface area (Å²) in [5, 5.41) is 10.3. The molecule has 3 amide bonds. The minimum absolute atomic E-state index is 0.174. The average Bonchev–Trinajstić information content (AvgIpc) is 2.94. The van der Waals surface area contributed by atoms with E-state index in [-0.39, 0.29) is 24.0 Å². The Balaban J connectivity index is 1.83. The summed E-state index contributed by atoms with van der Waals surface area (Å²) in [6.45, 7) is 10.5. The average molecular weight is 307 g/mol. The number of amides is 3. The van der Waals surface area contributed by atoms with E-state index in [4.69, 9.17) is 0 Å². The highest BCUT2D eigenvalue weighted by atomic mass is 16.2. The Morgan fingerprint density at radius 2 is 2.05 bits per heavy atom. The molecular weight excluding hydrogens is 282 g/mol. The number of aryl methyl sites for hydroxylation is 1. The zero-order valence-corrected chi connectivity index (χ0v) is 13.9. The molecule has 0 spiro atoms. The molecule has 0 unspecified atom stereocenters. The maximum atomic E-state index is 12.1. The van der Waals surface area contributed by atoms with Crippen LogP contribution in [0.1, 0.15) is 39.3 Å². The van der Waals surface area contributed by atoms with Gasteiger partial charge in [0.2, 0.25) is 0 Å². The number of nitrogens with zero attached hydrogens (tertiary/aromatic N) is 3. The van der Waals surface area contributed by atoms with E-state index in [0.29, 0.717) is 13.1 Å². The Morgan fingerprint density at radius 1 is 1.36 bits per heavy atom. The highest BCUT2D eigenvalue weighted by Gasteiger charge is 2.43. The number of imide groups is 1. The van der Waals surface area contributed by atoms with Gasteiger partial charge in [-0.05, 0) is 40.2 Å². The molecule has 122 valence electrons. The van der Waals surface area contributed by atoms with Crippen molar-refractivity contribution in [3.05, 3.63) is 18.0 Å². The maximum Gasteiger partial charge on any atom is 0.325 e. The van der Waals surface area contributed by atoms with Gasteiger partial charge < -0.3 is 10.6 Å². The summed E-state index contributed by atoms with van der Waals surface area (Å²) < 4.78 is 1.92. The van der Waals surface area contributed by atoms with Crippen LogP contribution in [0, 0.1) is 6.92 Å². The molecule has 1 saturated heterocycles. The highest BCUT2D eigenvalue weighted by Crippen LogP contribution is 2.16. The molecule has 0 radical (unpaired) electrons. The van der Waals surface area contributed by atoms with E-state index in [9.17, 15) is 9.59 Å². The third-order valence-electron chi connectivity index (χ3n) is 4.12. The molecule has 0 saturated carbocycles. The number of carbonyl (C=O) groups excluding carboxylic acids is 2. The minimum Gasteiger partial charge on any atom is -0.324 e. The van der Waals surface area contributed by atoms with Crippen molar-refractivity contribution in [2.24, 2.45) is 0 Å². The smallest absolute Gasteiger partial charge is 0.324 e. The van der Waals surface area contributed by atoms with Gasteiger partial charge in [0.15, 0.2) is 0 Å². The molecular formula is C15H25N5O2. The van der Waals surface area contributed by atoms with Crippen molar-refractivity contribution in [3.8, 4) is 0 Å². The first-order chi connectivity index (χ1) is 10.2. The molecule has 0 aromatic carbocycles. The first-order valence-electron chi connectivity index (χ1n) is 7.60. The number of rotatable bonds is 6. The van der Waals surface area contributed by atoms with Gasteiger partial charge in [-0.25, -0.2) is 4.79 Å². The van der Waals surface area contributed by atoms with E-state index in [0.717, 1.165) is 5.56 Å². The van der Waals surface area contributed by atoms with Gasteiger partial charge in [-0.15, -0.1) is 0 Å². The van der Waals surface area contributed by atoms with Crippen LogP contribution in [0.2, 0.25) is 0 Å². The van der Waals surface area contributed by atoms with Gasteiger partial charge in [0.05, 0.1) is 12.2 Å². The lowest BCUT2D eigenvalue weighted by atomic mass is 10.1. The topological polar surface area (TPSA) is 79.3 Å². The molecule has 0 bridgehead atoms. The Kier molecular flexibility index (Phi) is 4.55. The Bertz CT molecular complexity index is 566. The Labute approximate surface area is 131 Å². The summed E-state index contributed by atoms with van der Waals surface area (Å²) in [5.41, 5.74) is 0.323. The van der Waals surface area contributed by atoms with Crippen molar-refractivity contribution in [1.29, 1.82) is 0 Å². The SMILES string of the molecule is Cc1cnn([C@@H](C)[C@@H](C)NCCN2C(=O)NC(C)(C)C2=O)c1. The molecule has 7 heteroatoms. The van der Waals surface area contributed by atoms with Crippen LogP contribution in [0.3, 0.4) is 0 Å². The lowest BCUT2D eigenvalue weighted by molar-refractivity contribution is -0.130. The van der Waals surface area contributed by atoms with E-state index in [2.05, 4.69) is 29.6 Å². The quantitative estimate of drug-likeness (QED) is 0.770. The van der Waals surface area contributed by atoms with Crippen molar-refractivity contribution in [2.75, 3.05) is 13.1 Å². The van der Waals surface area contributed by atoms with Crippen LogP contribution in [0.5, 0.6) is 0 Å². The largest absolute Gasteiger partial charge is 0.325 e. The standard InChI is InChI=1S/C15H25N5O2/c1-10-8-17-20(9-10)12(3)11(2)16-6-7-19-13(21)15(4,5)18-14(19)22/h8-9,11-12,16H,6-7H2,1-5H3,(H,18,22)/t11-,12+/m1/s1. The zero-order chi connectivity index (χ0) is 16.5. The summed E-state index contributed by atoms with van der Waals surface area (Å²) in [7, 11) is 0. The molecule has 1 aliphatic heterocycles. The Morgan fingerprint density at radius 3 is 2.55 bits per heavy atom. The van der Waals surface area contributed by atoms with Crippen LogP contribution in [-0.2, 0) is 4.79 Å². The normalized spacial score (nSPS) is 20.1. The van der Waals surface area contributed by atoms with E-state index in [1.807, 2.05) is 24.0 Å². The second-order valence-corrected chi connectivity index (χ2v) is 6.49. The van der Waals surface area contributed by atoms with Crippen molar-refractivity contribution < 1.29 is 9.59 Å². The molecule has 1 fully saturated rings. The molecule has 2 N–H and O–H groups in total. The second-order valence-electron chi connectivity index (χ2n) is 6.49. The van der Waals surface area contributed by atoms with Crippen molar-refractivity contribution in [3.63, 3.8) is 0 Å². The van der Waals surface area contributed by atoms with Gasteiger partial charge in [0.1, 0.15) is 5.54 Å². The fraction of sp³-hybridized carbons (Fsp3) is 0.667. The molecule has 22 heavy (non-hydrogen) atoms. The minimum atomic E-state index is -0.803. The molecule has 2 rings (SSSR count). The number of urea groups is 1. The molecule has 1 aromatic heterocycles. The van der Waals surface area contributed by atoms with Gasteiger partial charge in [0.25, 0.3) is 5.91 Å². The first kappa shape index (κ1) is 16.5. The fourth-order valence-corrected chi connectivity index (χ4v) is 2.48. The van der Waals surface area contributed by atoms with E-state index in [1.165, 1.54) is 4.90 Å². The third kappa shape index (κ3) is 3.30. The summed E-state index contributed by atoms with van der Waals surface area (Å²) >= 11 is 0. The monoisotopic (exact) mass is 307 g/mol. The molecule has 1 aromatic rings. The number of carbonyl (C=O) groups is 2. The molecule has 2 atom stereocenters. The van der Waals surface area contributed by atoms with Crippen LogP contribution in [-0.4, -0.2) is 51.3 Å². The number of hydrogen-bond donors (Lipinski definition) is 2. The lowest BCUT2D eigenvalue weighted by Gasteiger charge is -2.23. The predicted octanol–water partition coefficient (Wildman–Crippen LogP) is 1.06. The van der Waals surface area contributed by atoms with Gasteiger partial charge >= 0.3 is 6.03 Å². The predicted molar refractivity (Wildman–Crippen MR) is 83.5 cm³/mol. The third-order valence-corrected chi connectivity index (χ3v) is 4.12. The summed E-state index contributed by atoms with van der Waals surface area (Å²) in [6.07, 6.45) is 3.83. The molecule has 1 aliphatic rings. The van der Waals surface area contributed by atoms with Crippen LogP contribution >= 0.6 is 0 Å². The summed E-state index contributed by atoms with van der Waals surface area (Å²) in [4.78, 5) is 25.1. The number of hydrogen-bond acceptors (Lipinski definition) is 4. The van der Waals surface area contributed by atoms with Gasteiger partial charge in [-0.1, -0.05) is 0 Å². The van der Waals surface area contributed by atoms with Crippen molar-refractivity contribution in [2.45, 2.75) is 52.2 Å². The second kappa shape index (κ2) is 6.08.